The molecule has 2 aromatic rings. The van der Waals surface area contributed by atoms with E-state index in [1.165, 1.54) is 0 Å². The second kappa shape index (κ2) is 7.41. The van der Waals surface area contributed by atoms with E-state index >= 15 is 0 Å². The van der Waals surface area contributed by atoms with Gasteiger partial charge in [-0.25, -0.2) is 0 Å². The Morgan fingerprint density at radius 1 is 0.682 bits per heavy atom. The number of carbonyl (C=O) groups excluding carboxylic acids is 2. The van der Waals surface area contributed by atoms with Gasteiger partial charge in [0.2, 0.25) is 0 Å². The fourth-order valence-corrected chi connectivity index (χ4v) is 2.11. The van der Waals surface area contributed by atoms with Gasteiger partial charge in [-0.2, -0.15) is 0 Å². The lowest BCUT2D eigenvalue weighted by molar-refractivity contribution is 0.0719. The van der Waals surface area contributed by atoms with Crippen LogP contribution in [0, 0.1) is 0 Å². The molecule has 0 aromatic heterocycles. The van der Waals surface area contributed by atoms with Crippen LogP contribution in [-0.4, -0.2) is 48.8 Å². The smallest absolute Gasteiger partial charge is 0.253 e. The number of hydrogen-bond acceptors (Lipinski definition) is 2. The molecule has 0 fully saturated rings. The summed E-state index contributed by atoms with van der Waals surface area (Å²) in [5, 5.41) is 0. The number of benzene rings is 2. The van der Waals surface area contributed by atoms with Crippen LogP contribution in [0.4, 0.5) is 0 Å². The molecule has 0 bridgehead atoms. The van der Waals surface area contributed by atoms with Crippen molar-refractivity contribution < 1.29 is 9.59 Å². The highest BCUT2D eigenvalue weighted by atomic mass is 16.2. The van der Waals surface area contributed by atoms with Crippen molar-refractivity contribution in [1.82, 2.24) is 9.80 Å². The summed E-state index contributed by atoms with van der Waals surface area (Å²) in [6.07, 6.45) is 0. The molecule has 0 spiro atoms. The molecule has 0 radical (unpaired) electrons. The van der Waals surface area contributed by atoms with Gasteiger partial charge in [-0.15, -0.1) is 0 Å². The summed E-state index contributed by atoms with van der Waals surface area (Å²) in [7, 11) is 3.49. The molecule has 2 amide bonds. The maximum absolute atomic E-state index is 12.2. The lowest BCUT2D eigenvalue weighted by Gasteiger charge is -2.22. The van der Waals surface area contributed by atoms with Crippen LogP contribution in [0.1, 0.15) is 20.7 Å². The average molecular weight is 296 g/mol. The van der Waals surface area contributed by atoms with Crippen LogP contribution < -0.4 is 0 Å². The van der Waals surface area contributed by atoms with Crippen molar-refractivity contribution in [2.45, 2.75) is 0 Å². The maximum Gasteiger partial charge on any atom is 0.253 e. The summed E-state index contributed by atoms with van der Waals surface area (Å²) in [4.78, 5) is 27.7. The molecular formula is C18H20N2O2. The van der Waals surface area contributed by atoms with Gasteiger partial charge < -0.3 is 9.80 Å². The first-order chi connectivity index (χ1) is 10.6. The minimum absolute atomic E-state index is 0.0406. The maximum atomic E-state index is 12.2. The summed E-state index contributed by atoms with van der Waals surface area (Å²) >= 11 is 0. The van der Waals surface area contributed by atoms with E-state index in [9.17, 15) is 9.59 Å². The first-order valence-electron chi connectivity index (χ1n) is 7.20. The Bertz CT molecular complexity index is 569. The standard InChI is InChI=1S/C18H20N2O2/c1-19(17(21)15-9-5-3-6-10-15)13-14-20(2)18(22)16-11-7-4-8-12-16/h3-12H,13-14H2,1-2H3. The van der Waals surface area contributed by atoms with Gasteiger partial charge in [0.15, 0.2) is 0 Å². The molecule has 0 heterocycles. The molecule has 4 nitrogen and oxygen atoms in total. The zero-order valence-corrected chi connectivity index (χ0v) is 12.9. The minimum Gasteiger partial charge on any atom is -0.340 e. The molecule has 2 aromatic carbocycles. The zero-order chi connectivity index (χ0) is 15.9. The molecule has 114 valence electrons. The van der Waals surface area contributed by atoms with Crippen LogP contribution in [0.25, 0.3) is 0 Å². The van der Waals surface area contributed by atoms with Gasteiger partial charge in [-0.05, 0) is 24.3 Å². The second-order valence-electron chi connectivity index (χ2n) is 5.19. The number of carbonyl (C=O) groups is 2. The number of nitrogens with zero attached hydrogens (tertiary/aromatic N) is 2. The second-order valence-corrected chi connectivity index (χ2v) is 5.19. The third kappa shape index (κ3) is 3.95. The van der Waals surface area contributed by atoms with Crippen molar-refractivity contribution in [3.05, 3.63) is 71.8 Å². The SMILES string of the molecule is CN(CCN(C)C(=O)c1ccccc1)C(=O)c1ccccc1. The van der Waals surface area contributed by atoms with E-state index in [0.717, 1.165) is 0 Å². The van der Waals surface area contributed by atoms with E-state index in [2.05, 4.69) is 0 Å². The van der Waals surface area contributed by atoms with Gasteiger partial charge in [-0.3, -0.25) is 9.59 Å². The Morgan fingerprint density at radius 3 is 1.32 bits per heavy atom. The van der Waals surface area contributed by atoms with Crippen molar-refractivity contribution in [1.29, 1.82) is 0 Å². The van der Waals surface area contributed by atoms with Crippen molar-refractivity contribution in [3.63, 3.8) is 0 Å². The first kappa shape index (κ1) is 15.8. The first-order valence-corrected chi connectivity index (χ1v) is 7.20. The predicted octanol–water partition coefficient (Wildman–Crippen LogP) is 2.53. The molecule has 0 saturated carbocycles. The Balaban J connectivity index is 1.89. The number of likely N-dealkylation sites (N-methyl/N-ethyl adjacent to an activating group) is 2. The Hall–Kier alpha value is -2.62. The normalized spacial score (nSPS) is 10.1. The van der Waals surface area contributed by atoms with Crippen molar-refractivity contribution in [2.24, 2.45) is 0 Å². The monoisotopic (exact) mass is 296 g/mol. The summed E-state index contributed by atoms with van der Waals surface area (Å²) in [5.41, 5.74) is 1.31. The molecule has 0 aliphatic rings. The van der Waals surface area contributed by atoms with Gasteiger partial charge in [0.25, 0.3) is 11.8 Å². The van der Waals surface area contributed by atoms with Crippen molar-refractivity contribution >= 4 is 11.8 Å². The van der Waals surface area contributed by atoms with E-state index < -0.39 is 0 Å². The van der Waals surface area contributed by atoms with Gasteiger partial charge in [0, 0.05) is 38.3 Å². The number of hydrogen-bond donors (Lipinski definition) is 0. The largest absolute Gasteiger partial charge is 0.340 e. The summed E-state index contributed by atoms with van der Waals surface area (Å²) < 4.78 is 0. The molecule has 0 N–H and O–H groups in total. The van der Waals surface area contributed by atoms with Gasteiger partial charge >= 0.3 is 0 Å². The fraction of sp³-hybridized carbons (Fsp3) is 0.222. The Morgan fingerprint density at radius 2 is 1.00 bits per heavy atom. The topological polar surface area (TPSA) is 40.6 Å². The number of rotatable bonds is 5. The summed E-state index contributed by atoms with van der Waals surface area (Å²) in [6.45, 7) is 0.978. The van der Waals surface area contributed by atoms with Crippen molar-refractivity contribution in [2.75, 3.05) is 27.2 Å². The zero-order valence-electron chi connectivity index (χ0n) is 12.9. The fourth-order valence-electron chi connectivity index (χ4n) is 2.11. The van der Waals surface area contributed by atoms with Crippen LogP contribution in [0.15, 0.2) is 60.7 Å². The van der Waals surface area contributed by atoms with Crippen LogP contribution in [0.2, 0.25) is 0 Å². The quantitative estimate of drug-likeness (QED) is 0.850. The number of amides is 2. The molecule has 0 aliphatic carbocycles. The van der Waals surface area contributed by atoms with E-state index in [4.69, 9.17) is 0 Å². The Labute approximate surface area is 131 Å². The summed E-state index contributed by atoms with van der Waals surface area (Å²) in [5.74, 6) is -0.0812. The third-order valence-electron chi connectivity index (χ3n) is 3.51. The predicted molar refractivity (Wildman–Crippen MR) is 86.8 cm³/mol. The molecule has 22 heavy (non-hydrogen) atoms. The van der Waals surface area contributed by atoms with Crippen LogP contribution >= 0.6 is 0 Å². The van der Waals surface area contributed by atoms with Gasteiger partial charge in [0.1, 0.15) is 0 Å². The molecule has 4 heteroatoms. The molecule has 0 aliphatic heterocycles. The summed E-state index contributed by atoms with van der Waals surface area (Å²) in [6, 6.07) is 18.3. The molecule has 0 saturated heterocycles. The lowest BCUT2D eigenvalue weighted by Crippen LogP contribution is -2.37. The van der Waals surface area contributed by atoms with E-state index in [1.54, 1.807) is 48.2 Å². The Kier molecular flexibility index (Phi) is 5.31. The highest BCUT2D eigenvalue weighted by Gasteiger charge is 2.14. The lowest BCUT2D eigenvalue weighted by atomic mass is 10.2. The van der Waals surface area contributed by atoms with E-state index in [-0.39, 0.29) is 11.8 Å². The molecule has 0 atom stereocenters. The molecule has 2 rings (SSSR count). The van der Waals surface area contributed by atoms with Crippen LogP contribution in [0.3, 0.4) is 0 Å². The van der Waals surface area contributed by atoms with Gasteiger partial charge in [-0.1, -0.05) is 36.4 Å². The van der Waals surface area contributed by atoms with Crippen LogP contribution in [0.5, 0.6) is 0 Å². The van der Waals surface area contributed by atoms with E-state index in [1.807, 2.05) is 36.4 Å². The highest BCUT2D eigenvalue weighted by Crippen LogP contribution is 2.05. The van der Waals surface area contributed by atoms with Crippen molar-refractivity contribution in [3.8, 4) is 0 Å². The molecular weight excluding hydrogens is 276 g/mol. The third-order valence-corrected chi connectivity index (χ3v) is 3.51. The minimum atomic E-state index is -0.0406. The van der Waals surface area contributed by atoms with Crippen LogP contribution in [-0.2, 0) is 0 Å². The van der Waals surface area contributed by atoms with E-state index in [0.29, 0.717) is 24.2 Å². The van der Waals surface area contributed by atoms with Gasteiger partial charge in [0.05, 0.1) is 0 Å². The molecule has 0 unspecified atom stereocenters. The average Bonchev–Trinajstić information content (AvgIpc) is 2.59. The highest BCUT2D eigenvalue weighted by molar-refractivity contribution is 5.95.